The van der Waals surface area contributed by atoms with Crippen LogP contribution in [0.5, 0.6) is 0 Å². The van der Waals surface area contributed by atoms with E-state index in [4.69, 9.17) is 10.2 Å². The molecule has 0 aromatic carbocycles. The second-order valence-corrected chi connectivity index (χ2v) is 6.82. The molecule has 0 aliphatic heterocycles. The summed E-state index contributed by atoms with van der Waals surface area (Å²) in [6, 6.07) is 17.4. The number of aromatic amines is 1. The molecule has 0 amide bonds. The van der Waals surface area contributed by atoms with Gasteiger partial charge in [-0.25, -0.2) is 9.97 Å². The third kappa shape index (κ3) is 3.16. The van der Waals surface area contributed by atoms with Gasteiger partial charge in [-0.1, -0.05) is 6.07 Å². The molecule has 1 N–H and O–H groups in total. The summed E-state index contributed by atoms with van der Waals surface area (Å²) in [7, 11) is 0. The van der Waals surface area contributed by atoms with Gasteiger partial charge in [0.1, 0.15) is 11.8 Å². The predicted molar refractivity (Wildman–Crippen MR) is 113 cm³/mol. The van der Waals surface area contributed by atoms with Gasteiger partial charge in [0.15, 0.2) is 0 Å². The van der Waals surface area contributed by atoms with Crippen LogP contribution in [0.15, 0.2) is 67.1 Å². The maximum atomic E-state index is 9.11. The van der Waals surface area contributed by atoms with Gasteiger partial charge in [-0.05, 0) is 55.0 Å². The SMILES string of the molecule is Cc1cccc(-c2[nH]ncc2-c2ccc3ncc(-c4ccnc(C#N)c4)cc3n2)n1. The Kier molecular flexibility index (Phi) is 4.23. The number of hydrogen-bond acceptors (Lipinski definition) is 6. The number of hydrogen-bond donors (Lipinski definition) is 1. The van der Waals surface area contributed by atoms with Crippen LogP contribution in [0.25, 0.3) is 44.8 Å². The van der Waals surface area contributed by atoms with Crippen molar-refractivity contribution in [1.29, 1.82) is 5.26 Å². The van der Waals surface area contributed by atoms with Crippen molar-refractivity contribution in [3.05, 3.63) is 78.5 Å². The molecule has 5 aromatic rings. The molecule has 0 unspecified atom stereocenters. The summed E-state index contributed by atoms with van der Waals surface area (Å²) < 4.78 is 0. The lowest BCUT2D eigenvalue weighted by molar-refractivity contribution is 1.08. The number of aromatic nitrogens is 6. The minimum atomic E-state index is 0.364. The van der Waals surface area contributed by atoms with Crippen molar-refractivity contribution in [1.82, 2.24) is 30.1 Å². The van der Waals surface area contributed by atoms with Crippen molar-refractivity contribution in [2.75, 3.05) is 0 Å². The summed E-state index contributed by atoms with van der Waals surface area (Å²) in [6.45, 7) is 1.96. The van der Waals surface area contributed by atoms with Gasteiger partial charge in [0, 0.05) is 29.2 Å². The van der Waals surface area contributed by atoms with E-state index in [1.807, 2.05) is 49.4 Å². The second kappa shape index (κ2) is 7.18. The highest BCUT2D eigenvalue weighted by Gasteiger charge is 2.13. The quantitative estimate of drug-likeness (QED) is 0.493. The number of nitrogens with zero attached hydrogens (tertiary/aromatic N) is 6. The Morgan fingerprint density at radius 2 is 1.80 bits per heavy atom. The summed E-state index contributed by atoms with van der Waals surface area (Å²) in [6.07, 6.45) is 5.15. The van der Waals surface area contributed by atoms with Crippen LogP contribution in [0.3, 0.4) is 0 Å². The molecule has 0 aliphatic rings. The van der Waals surface area contributed by atoms with Gasteiger partial charge >= 0.3 is 0 Å². The van der Waals surface area contributed by atoms with Crippen LogP contribution in [-0.4, -0.2) is 30.1 Å². The standard InChI is InChI=1S/C23H15N7/c1-14-3-2-4-21(28-14)23-18(13-27-30-23)19-5-6-20-22(29-19)10-16(12-26-20)15-7-8-25-17(9-15)11-24/h2-10,12-13H,1H3,(H,27,30). The van der Waals surface area contributed by atoms with Gasteiger partial charge in [0.2, 0.25) is 0 Å². The normalized spacial score (nSPS) is 10.8. The van der Waals surface area contributed by atoms with E-state index in [-0.39, 0.29) is 0 Å². The molecule has 0 spiro atoms. The van der Waals surface area contributed by atoms with Gasteiger partial charge in [-0.3, -0.25) is 15.1 Å². The Balaban J connectivity index is 1.61. The molecule has 7 nitrogen and oxygen atoms in total. The molecule has 5 heterocycles. The lowest BCUT2D eigenvalue weighted by Crippen LogP contribution is -1.92. The summed E-state index contributed by atoms with van der Waals surface area (Å²) in [4.78, 5) is 18.0. The number of nitrogens with one attached hydrogen (secondary N) is 1. The van der Waals surface area contributed by atoms with Crippen molar-refractivity contribution < 1.29 is 0 Å². The molecule has 0 fully saturated rings. The lowest BCUT2D eigenvalue weighted by atomic mass is 10.1. The van der Waals surface area contributed by atoms with E-state index in [2.05, 4.69) is 31.2 Å². The minimum absolute atomic E-state index is 0.364. The van der Waals surface area contributed by atoms with Crippen LogP contribution in [-0.2, 0) is 0 Å². The predicted octanol–water partition coefficient (Wildman–Crippen LogP) is 4.32. The highest BCUT2D eigenvalue weighted by atomic mass is 15.1. The van der Waals surface area contributed by atoms with E-state index in [0.29, 0.717) is 5.69 Å². The van der Waals surface area contributed by atoms with E-state index in [9.17, 15) is 0 Å². The molecule has 0 bridgehead atoms. The summed E-state index contributed by atoms with van der Waals surface area (Å²) in [5.74, 6) is 0. The molecule has 0 saturated heterocycles. The van der Waals surface area contributed by atoms with Crippen LogP contribution < -0.4 is 0 Å². The Bertz CT molecular complexity index is 1430. The van der Waals surface area contributed by atoms with Crippen LogP contribution >= 0.6 is 0 Å². The molecule has 0 aliphatic carbocycles. The number of rotatable bonds is 3. The second-order valence-electron chi connectivity index (χ2n) is 6.82. The number of aryl methyl sites for hydroxylation is 1. The number of nitriles is 1. The molecular formula is C23H15N7. The highest BCUT2D eigenvalue weighted by molar-refractivity contribution is 5.85. The lowest BCUT2D eigenvalue weighted by Gasteiger charge is -2.06. The summed E-state index contributed by atoms with van der Waals surface area (Å²) in [5.41, 5.74) is 7.87. The smallest absolute Gasteiger partial charge is 0.141 e. The van der Waals surface area contributed by atoms with Crippen molar-refractivity contribution in [3.8, 4) is 39.8 Å². The third-order valence-electron chi connectivity index (χ3n) is 4.80. The molecule has 30 heavy (non-hydrogen) atoms. The zero-order valence-electron chi connectivity index (χ0n) is 16.0. The topological polar surface area (TPSA) is 104 Å². The molecule has 0 atom stereocenters. The van der Waals surface area contributed by atoms with Gasteiger partial charge in [-0.15, -0.1) is 0 Å². The molecule has 0 saturated carbocycles. The van der Waals surface area contributed by atoms with Crippen molar-refractivity contribution >= 4 is 11.0 Å². The van der Waals surface area contributed by atoms with Gasteiger partial charge in [0.05, 0.1) is 34.3 Å². The molecule has 7 heteroatoms. The van der Waals surface area contributed by atoms with Gasteiger partial charge in [0.25, 0.3) is 0 Å². The Labute approximate surface area is 172 Å². The van der Waals surface area contributed by atoms with Crippen LogP contribution in [0.1, 0.15) is 11.4 Å². The molecular weight excluding hydrogens is 374 g/mol. The fraction of sp³-hybridized carbons (Fsp3) is 0.0435. The fourth-order valence-electron chi connectivity index (χ4n) is 3.34. The monoisotopic (exact) mass is 389 g/mol. The summed E-state index contributed by atoms with van der Waals surface area (Å²) in [5, 5.41) is 16.4. The zero-order chi connectivity index (χ0) is 20.5. The number of fused-ring (bicyclic) bond motifs is 1. The number of H-pyrrole nitrogens is 1. The van der Waals surface area contributed by atoms with E-state index < -0.39 is 0 Å². The average Bonchev–Trinajstić information content (AvgIpc) is 3.28. The average molecular weight is 389 g/mol. The first-order valence-electron chi connectivity index (χ1n) is 9.32. The molecule has 0 radical (unpaired) electrons. The van der Waals surface area contributed by atoms with E-state index in [1.165, 1.54) is 0 Å². The molecule has 142 valence electrons. The highest BCUT2D eigenvalue weighted by Crippen LogP contribution is 2.30. The maximum absolute atomic E-state index is 9.11. The Morgan fingerprint density at radius 1 is 0.867 bits per heavy atom. The van der Waals surface area contributed by atoms with Gasteiger partial charge in [-0.2, -0.15) is 10.4 Å². The van der Waals surface area contributed by atoms with Crippen LogP contribution in [0, 0.1) is 18.3 Å². The van der Waals surface area contributed by atoms with E-state index in [1.54, 1.807) is 24.7 Å². The zero-order valence-corrected chi connectivity index (χ0v) is 16.0. The first kappa shape index (κ1) is 17.6. The number of pyridine rings is 4. The van der Waals surface area contributed by atoms with Crippen molar-refractivity contribution in [3.63, 3.8) is 0 Å². The van der Waals surface area contributed by atoms with E-state index >= 15 is 0 Å². The third-order valence-corrected chi connectivity index (χ3v) is 4.80. The van der Waals surface area contributed by atoms with Crippen LogP contribution in [0.4, 0.5) is 0 Å². The molecule has 5 aromatic heterocycles. The van der Waals surface area contributed by atoms with Crippen molar-refractivity contribution in [2.45, 2.75) is 6.92 Å². The maximum Gasteiger partial charge on any atom is 0.141 e. The van der Waals surface area contributed by atoms with E-state index in [0.717, 1.165) is 50.5 Å². The van der Waals surface area contributed by atoms with Crippen LogP contribution in [0.2, 0.25) is 0 Å². The van der Waals surface area contributed by atoms with Crippen molar-refractivity contribution in [2.24, 2.45) is 0 Å². The Morgan fingerprint density at radius 3 is 2.67 bits per heavy atom. The molecule has 5 rings (SSSR count). The summed E-state index contributed by atoms with van der Waals surface area (Å²) >= 11 is 0. The Hall–Kier alpha value is -4.44. The minimum Gasteiger partial charge on any atom is -0.276 e. The largest absolute Gasteiger partial charge is 0.276 e. The first-order chi connectivity index (χ1) is 14.7. The fourth-order valence-corrected chi connectivity index (χ4v) is 3.34. The van der Waals surface area contributed by atoms with Gasteiger partial charge < -0.3 is 0 Å². The first-order valence-corrected chi connectivity index (χ1v) is 9.32.